The number of ether oxygens (including phenoxy) is 1. The average molecular weight is 473 g/mol. The van der Waals surface area contributed by atoms with Crippen LogP contribution in [-0.2, 0) is 16.1 Å². The molecule has 186 valence electrons. The summed E-state index contributed by atoms with van der Waals surface area (Å²) in [6.45, 7) is 11.4. The van der Waals surface area contributed by atoms with Crippen molar-refractivity contribution in [2.24, 2.45) is 5.41 Å². The molecule has 0 aliphatic carbocycles. The standard InChI is InChI=1S/C26H37FN4O3/c1-26(2,3)16-23(32)31(17-21-6-5-15-33-21)18-22-24(19-7-9-20(27)10-8-19)28-34-25(22)30-13-11-29(4)12-14-30/h7-10,21H,5-6,11-18H2,1-4H3/t21-/m0/s1. The van der Waals surface area contributed by atoms with E-state index in [0.717, 1.165) is 56.8 Å². The third kappa shape index (κ3) is 6.16. The van der Waals surface area contributed by atoms with Crippen molar-refractivity contribution >= 4 is 11.8 Å². The van der Waals surface area contributed by atoms with Crippen LogP contribution in [0.4, 0.5) is 10.3 Å². The molecule has 3 heterocycles. The Labute approximate surface area is 201 Å². The molecule has 2 saturated heterocycles. The lowest BCUT2D eigenvalue weighted by Crippen LogP contribution is -2.45. The van der Waals surface area contributed by atoms with Crippen LogP contribution in [0.3, 0.4) is 0 Å². The van der Waals surface area contributed by atoms with Gasteiger partial charge in [-0.2, -0.15) is 0 Å². The fraction of sp³-hybridized carbons (Fsp3) is 0.615. The Morgan fingerprint density at radius 1 is 1.18 bits per heavy atom. The third-order valence-corrected chi connectivity index (χ3v) is 6.51. The van der Waals surface area contributed by atoms with E-state index in [-0.39, 0.29) is 23.2 Å². The largest absolute Gasteiger partial charge is 0.376 e. The van der Waals surface area contributed by atoms with Gasteiger partial charge in [-0.3, -0.25) is 4.79 Å². The molecule has 0 radical (unpaired) electrons. The van der Waals surface area contributed by atoms with Gasteiger partial charge in [0.1, 0.15) is 11.5 Å². The van der Waals surface area contributed by atoms with E-state index in [1.165, 1.54) is 12.1 Å². The predicted octanol–water partition coefficient (Wildman–Crippen LogP) is 4.18. The molecule has 0 bridgehead atoms. The van der Waals surface area contributed by atoms with Gasteiger partial charge in [-0.1, -0.05) is 25.9 Å². The Hall–Kier alpha value is -2.45. The zero-order valence-corrected chi connectivity index (χ0v) is 20.8. The number of hydrogen-bond acceptors (Lipinski definition) is 6. The summed E-state index contributed by atoms with van der Waals surface area (Å²) in [5.41, 5.74) is 2.19. The molecule has 0 unspecified atom stereocenters. The molecule has 2 aromatic rings. The first-order valence-electron chi connectivity index (χ1n) is 12.3. The molecular formula is C26H37FN4O3. The number of benzene rings is 1. The molecule has 8 heteroatoms. The minimum Gasteiger partial charge on any atom is -0.376 e. The average Bonchev–Trinajstić information content (AvgIpc) is 3.43. The number of carbonyl (C=O) groups excluding carboxylic acids is 1. The number of anilines is 1. The topological polar surface area (TPSA) is 62.1 Å². The van der Waals surface area contributed by atoms with Gasteiger partial charge in [-0.25, -0.2) is 4.39 Å². The van der Waals surface area contributed by atoms with Crippen molar-refractivity contribution in [1.82, 2.24) is 15.0 Å². The van der Waals surface area contributed by atoms with Crippen LogP contribution < -0.4 is 4.90 Å². The van der Waals surface area contributed by atoms with Gasteiger partial charge in [-0.05, 0) is 49.6 Å². The van der Waals surface area contributed by atoms with Crippen LogP contribution in [0.1, 0.15) is 45.6 Å². The predicted molar refractivity (Wildman–Crippen MR) is 130 cm³/mol. The minimum absolute atomic E-state index is 0.0464. The van der Waals surface area contributed by atoms with Crippen LogP contribution in [0, 0.1) is 11.2 Å². The molecule has 0 spiro atoms. The number of piperazine rings is 1. The lowest BCUT2D eigenvalue weighted by atomic mass is 9.91. The molecular weight excluding hydrogens is 435 g/mol. The van der Waals surface area contributed by atoms with Gasteiger partial charge in [0.05, 0.1) is 18.2 Å². The van der Waals surface area contributed by atoms with Crippen molar-refractivity contribution in [1.29, 1.82) is 0 Å². The van der Waals surface area contributed by atoms with E-state index in [9.17, 15) is 9.18 Å². The van der Waals surface area contributed by atoms with E-state index in [1.54, 1.807) is 12.1 Å². The summed E-state index contributed by atoms with van der Waals surface area (Å²) < 4.78 is 25.4. The van der Waals surface area contributed by atoms with E-state index in [4.69, 9.17) is 9.26 Å². The highest BCUT2D eigenvalue weighted by Crippen LogP contribution is 2.34. The maximum Gasteiger partial charge on any atom is 0.232 e. The van der Waals surface area contributed by atoms with Crippen LogP contribution in [0.2, 0.25) is 0 Å². The van der Waals surface area contributed by atoms with Gasteiger partial charge in [0.15, 0.2) is 0 Å². The first-order chi connectivity index (χ1) is 16.2. The van der Waals surface area contributed by atoms with E-state index in [0.29, 0.717) is 31.1 Å². The smallest absolute Gasteiger partial charge is 0.232 e. The second-order valence-corrected chi connectivity index (χ2v) is 10.8. The van der Waals surface area contributed by atoms with Gasteiger partial charge in [0, 0.05) is 51.3 Å². The van der Waals surface area contributed by atoms with E-state index >= 15 is 0 Å². The SMILES string of the molecule is CN1CCN(c2onc(-c3ccc(F)cc3)c2CN(C[C@@H]2CCCO2)C(=O)CC(C)(C)C)CC1. The summed E-state index contributed by atoms with van der Waals surface area (Å²) in [5.74, 6) is 0.500. The highest BCUT2D eigenvalue weighted by molar-refractivity contribution is 5.78. The second kappa shape index (κ2) is 10.4. The van der Waals surface area contributed by atoms with E-state index in [1.807, 2.05) is 4.90 Å². The summed E-state index contributed by atoms with van der Waals surface area (Å²) in [6, 6.07) is 6.29. The Morgan fingerprint density at radius 3 is 2.50 bits per heavy atom. The molecule has 0 saturated carbocycles. The summed E-state index contributed by atoms with van der Waals surface area (Å²) in [4.78, 5) is 19.8. The lowest BCUT2D eigenvalue weighted by molar-refractivity contribution is -0.135. The summed E-state index contributed by atoms with van der Waals surface area (Å²) in [5, 5.41) is 4.41. The zero-order chi connectivity index (χ0) is 24.3. The van der Waals surface area contributed by atoms with Crippen LogP contribution in [0.5, 0.6) is 0 Å². The maximum atomic E-state index is 13.6. The van der Waals surface area contributed by atoms with Gasteiger partial charge in [-0.15, -0.1) is 0 Å². The number of carbonyl (C=O) groups is 1. The molecule has 1 atom stereocenters. The molecule has 1 aromatic carbocycles. The van der Waals surface area contributed by atoms with Crippen LogP contribution in [0.15, 0.2) is 28.8 Å². The van der Waals surface area contributed by atoms with Gasteiger partial charge >= 0.3 is 0 Å². The number of hydrogen-bond donors (Lipinski definition) is 0. The molecule has 4 rings (SSSR count). The van der Waals surface area contributed by atoms with Crippen molar-refractivity contribution in [2.75, 3.05) is 51.3 Å². The number of halogens is 1. The summed E-state index contributed by atoms with van der Waals surface area (Å²) >= 11 is 0. The monoisotopic (exact) mass is 472 g/mol. The number of likely N-dealkylation sites (N-methyl/N-ethyl adjacent to an activating group) is 1. The minimum atomic E-state index is -0.298. The normalized spacial score (nSPS) is 19.6. The highest BCUT2D eigenvalue weighted by Gasteiger charge is 2.31. The van der Waals surface area contributed by atoms with Crippen molar-refractivity contribution in [2.45, 2.75) is 52.7 Å². The number of rotatable bonds is 7. The Bertz CT molecular complexity index is 955. The molecule has 7 nitrogen and oxygen atoms in total. The zero-order valence-electron chi connectivity index (χ0n) is 20.8. The van der Waals surface area contributed by atoms with Crippen molar-refractivity contribution in [3.63, 3.8) is 0 Å². The number of nitrogens with zero attached hydrogens (tertiary/aromatic N) is 4. The van der Waals surface area contributed by atoms with Crippen molar-refractivity contribution in [3.05, 3.63) is 35.6 Å². The number of amides is 1. The van der Waals surface area contributed by atoms with Crippen molar-refractivity contribution < 1.29 is 18.4 Å². The molecule has 0 N–H and O–H groups in total. The van der Waals surface area contributed by atoms with E-state index < -0.39 is 0 Å². The third-order valence-electron chi connectivity index (χ3n) is 6.51. The summed E-state index contributed by atoms with van der Waals surface area (Å²) in [6.07, 6.45) is 2.47. The van der Waals surface area contributed by atoms with Crippen molar-refractivity contribution in [3.8, 4) is 11.3 Å². The lowest BCUT2D eigenvalue weighted by Gasteiger charge is -2.33. The maximum absolute atomic E-state index is 13.6. The molecule has 1 amide bonds. The van der Waals surface area contributed by atoms with Gasteiger partial charge in [0.2, 0.25) is 11.8 Å². The molecule has 2 aliphatic heterocycles. The number of aromatic nitrogens is 1. The second-order valence-electron chi connectivity index (χ2n) is 10.8. The Morgan fingerprint density at radius 2 is 1.88 bits per heavy atom. The van der Waals surface area contributed by atoms with Crippen LogP contribution >= 0.6 is 0 Å². The fourth-order valence-electron chi connectivity index (χ4n) is 4.58. The van der Waals surface area contributed by atoms with Crippen LogP contribution in [-0.4, -0.2) is 73.3 Å². The highest BCUT2D eigenvalue weighted by atomic mass is 19.1. The quantitative estimate of drug-likeness (QED) is 0.603. The van der Waals surface area contributed by atoms with E-state index in [2.05, 4.69) is 42.8 Å². The Balaban J connectivity index is 1.68. The fourth-order valence-corrected chi connectivity index (χ4v) is 4.58. The first-order valence-corrected chi connectivity index (χ1v) is 12.3. The molecule has 2 fully saturated rings. The Kier molecular flexibility index (Phi) is 7.57. The molecule has 34 heavy (non-hydrogen) atoms. The van der Waals surface area contributed by atoms with Crippen LogP contribution in [0.25, 0.3) is 11.3 Å². The molecule has 1 aromatic heterocycles. The molecule has 2 aliphatic rings. The summed E-state index contributed by atoms with van der Waals surface area (Å²) in [7, 11) is 2.11. The van der Waals surface area contributed by atoms with Gasteiger partial charge < -0.3 is 24.0 Å². The van der Waals surface area contributed by atoms with Gasteiger partial charge in [0.25, 0.3) is 0 Å². The first kappa shape index (κ1) is 24.7.